The number of carboxylic acids is 1. The average molecular weight is 338 g/mol. The summed E-state index contributed by atoms with van der Waals surface area (Å²) in [5.41, 5.74) is 2.96. The molecule has 1 aromatic carbocycles. The number of anilines is 2. The van der Waals surface area contributed by atoms with Gasteiger partial charge in [-0.15, -0.1) is 0 Å². The van der Waals surface area contributed by atoms with Crippen LogP contribution in [0.1, 0.15) is 16.1 Å². The minimum Gasteiger partial charge on any atom is -0.477 e. The van der Waals surface area contributed by atoms with Crippen molar-refractivity contribution in [2.24, 2.45) is 0 Å². The summed E-state index contributed by atoms with van der Waals surface area (Å²) in [6, 6.07) is 7.05. The van der Waals surface area contributed by atoms with Crippen LogP contribution >= 0.6 is 0 Å². The van der Waals surface area contributed by atoms with Gasteiger partial charge in [-0.2, -0.15) is 0 Å². The number of ether oxygens (including phenoxy) is 2. The molecule has 0 radical (unpaired) electrons. The Morgan fingerprint density at radius 1 is 1.36 bits per heavy atom. The third kappa shape index (κ3) is 2.74. The first-order chi connectivity index (χ1) is 12.1. The number of hydrogen-bond donors (Lipinski definition) is 3. The molecule has 3 aromatic rings. The van der Waals surface area contributed by atoms with Crippen LogP contribution in [0.15, 0.2) is 36.7 Å². The van der Waals surface area contributed by atoms with Crippen LogP contribution in [0.3, 0.4) is 0 Å². The molecule has 8 heteroatoms. The first-order valence-electron chi connectivity index (χ1n) is 7.53. The Morgan fingerprint density at radius 3 is 3.04 bits per heavy atom. The van der Waals surface area contributed by atoms with E-state index in [1.54, 1.807) is 18.5 Å². The van der Waals surface area contributed by atoms with Crippen LogP contribution in [-0.2, 0) is 0 Å². The Labute approximate surface area is 142 Å². The Bertz CT molecular complexity index is 967. The van der Waals surface area contributed by atoms with Crippen LogP contribution in [0.2, 0.25) is 0 Å². The molecule has 0 aliphatic carbocycles. The van der Waals surface area contributed by atoms with E-state index in [0.29, 0.717) is 34.4 Å². The molecular formula is C17H14N4O4. The smallest absolute Gasteiger partial charge is 0.352 e. The summed E-state index contributed by atoms with van der Waals surface area (Å²) < 4.78 is 10.8. The van der Waals surface area contributed by atoms with E-state index >= 15 is 0 Å². The fraction of sp³-hybridized carbons (Fsp3) is 0.118. The molecule has 3 N–H and O–H groups in total. The number of aromatic carboxylic acids is 1. The van der Waals surface area contributed by atoms with E-state index in [1.807, 2.05) is 25.1 Å². The Balaban J connectivity index is 1.68. The van der Waals surface area contributed by atoms with Crippen molar-refractivity contribution in [1.29, 1.82) is 0 Å². The summed E-state index contributed by atoms with van der Waals surface area (Å²) in [6.07, 6.45) is 3.29. The van der Waals surface area contributed by atoms with Gasteiger partial charge in [-0.1, -0.05) is 6.07 Å². The molecule has 3 heterocycles. The lowest BCUT2D eigenvalue weighted by Gasteiger charge is -2.10. The Morgan fingerprint density at radius 2 is 2.24 bits per heavy atom. The standard InChI is InChI=1S/C17H14N4O4/c1-9-6-19-17(20-11-3-2-4-13-15(11)25-8-24-13)21-14(9)10-5-12(16(22)23)18-7-10/h2-7,18H,8H2,1H3,(H,22,23)(H,19,20,21). The number of carboxylic acid groups (broad SMARTS) is 1. The normalized spacial score (nSPS) is 12.2. The molecule has 0 bridgehead atoms. The zero-order valence-electron chi connectivity index (χ0n) is 13.2. The van der Waals surface area contributed by atoms with Crippen LogP contribution in [0.25, 0.3) is 11.3 Å². The summed E-state index contributed by atoms with van der Waals surface area (Å²) in [7, 11) is 0. The third-order valence-electron chi connectivity index (χ3n) is 3.80. The van der Waals surface area contributed by atoms with Gasteiger partial charge in [-0.3, -0.25) is 0 Å². The minimum absolute atomic E-state index is 0.106. The second-order valence-electron chi connectivity index (χ2n) is 5.50. The van der Waals surface area contributed by atoms with Crippen molar-refractivity contribution in [2.45, 2.75) is 6.92 Å². The topological polar surface area (TPSA) is 109 Å². The molecule has 126 valence electrons. The molecule has 0 unspecified atom stereocenters. The van der Waals surface area contributed by atoms with Gasteiger partial charge in [0.1, 0.15) is 5.69 Å². The zero-order valence-corrected chi connectivity index (χ0v) is 13.2. The highest BCUT2D eigenvalue weighted by atomic mass is 16.7. The van der Waals surface area contributed by atoms with E-state index in [1.165, 1.54) is 0 Å². The third-order valence-corrected chi connectivity index (χ3v) is 3.80. The molecule has 0 saturated heterocycles. The molecule has 0 amide bonds. The molecule has 0 spiro atoms. The molecule has 2 aromatic heterocycles. The number of fused-ring (bicyclic) bond motifs is 1. The number of aromatic nitrogens is 3. The number of nitrogens with one attached hydrogen (secondary N) is 2. The second kappa shape index (κ2) is 5.82. The summed E-state index contributed by atoms with van der Waals surface area (Å²) in [5.74, 6) is 0.632. The van der Waals surface area contributed by atoms with Crippen molar-refractivity contribution in [3.05, 3.63) is 47.9 Å². The highest BCUT2D eigenvalue weighted by Gasteiger charge is 2.18. The molecule has 0 fully saturated rings. The van der Waals surface area contributed by atoms with E-state index in [-0.39, 0.29) is 12.5 Å². The molecule has 0 atom stereocenters. The summed E-state index contributed by atoms with van der Waals surface area (Å²) in [6.45, 7) is 2.04. The Kier molecular flexibility index (Phi) is 3.50. The molecule has 0 saturated carbocycles. The van der Waals surface area contributed by atoms with Crippen LogP contribution in [-0.4, -0.2) is 32.8 Å². The lowest BCUT2D eigenvalue weighted by atomic mass is 10.1. The molecule has 1 aliphatic heterocycles. The average Bonchev–Trinajstić information content (AvgIpc) is 3.26. The van der Waals surface area contributed by atoms with E-state index in [4.69, 9.17) is 14.6 Å². The molecule has 4 rings (SSSR count). The molecule has 8 nitrogen and oxygen atoms in total. The van der Waals surface area contributed by atoms with Crippen molar-refractivity contribution in [3.8, 4) is 22.8 Å². The number of benzene rings is 1. The van der Waals surface area contributed by atoms with Crippen LogP contribution in [0.4, 0.5) is 11.6 Å². The van der Waals surface area contributed by atoms with Crippen LogP contribution < -0.4 is 14.8 Å². The quantitative estimate of drug-likeness (QED) is 0.671. The molecule has 25 heavy (non-hydrogen) atoms. The van der Waals surface area contributed by atoms with Gasteiger partial charge < -0.3 is 24.9 Å². The minimum atomic E-state index is -1.02. The first kappa shape index (κ1) is 15.0. The van der Waals surface area contributed by atoms with Gasteiger partial charge in [0.25, 0.3) is 0 Å². The van der Waals surface area contributed by atoms with Crippen LogP contribution in [0, 0.1) is 6.92 Å². The van der Waals surface area contributed by atoms with E-state index in [0.717, 1.165) is 5.56 Å². The van der Waals surface area contributed by atoms with Gasteiger partial charge in [0.15, 0.2) is 11.5 Å². The maximum atomic E-state index is 11.0. The van der Waals surface area contributed by atoms with Gasteiger partial charge in [0, 0.05) is 18.0 Å². The first-order valence-corrected chi connectivity index (χ1v) is 7.53. The largest absolute Gasteiger partial charge is 0.477 e. The molecule has 1 aliphatic rings. The fourth-order valence-corrected chi connectivity index (χ4v) is 2.60. The van der Waals surface area contributed by atoms with Crippen LogP contribution in [0.5, 0.6) is 11.5 Å². The predicted octanol–water partition coefficient (Wildman–Crippen LogP) is 2.95. The number of aryl methyl sites for hydroxylation is 1. The number of H-pyrrole nitrogens is 1. The van der Waals surface area contributed by atoms with Gasteiger partial charge in [0.05, 0.1) is 11.4 Å². The highest BCUT2D eigenvalue weighted by molar-refractivity contribution is 5.87. The van der Waals surface area contributed by atoms with Gasteiger partial charge in [-0.25, -0.2) is 14.8 Å². The highest BCUT2D eigenvalue weighted by Crippen LogP contribution is 2.39. The molecular weight excluding hydrogens is 324 g/mol. The lowest BCUT2D eigenvalue weighted by Crippen LogP contribution is -2.01. The number of rotatable bonds is 4. The predicted molar refractivity (Wildman–Crippen MR) is 89.4 cm³/mol. The monoisotopic (exact) mass is 338 g/mol. The summed E-state index contributed by atoms with van der Waals surface area (Å²) >= 11 is 0. The fourth-order valence-electron chi connectivity index (χ4n) is 2.60. The zero-order chi connectivity index (χ0) is 17.4. The van der Waals surface area contributed by atoms with Crippen molar-refractivity contribution in [3.63, 3.8) is 0 Å². The number of nitrogens with zero attached hydrogens (tertiary/aromatic N) is 2. The number of aromatic amines is 1. The lowest BCUT2D eigenvalue weighted by molar-refractivity contribution is 0.0691. The Hall–Kier alpha value is -3.55. The van der Waals surface area contributed by atoms with E-state index in [2.05, 4.69) is 20.3 Å². The van der Waals surface area contributed by atoms with Crippen molar-refractivity contribution in [1.82, 2.24) is 15.0 Å². The summed E-state index contributed by atoms with van der Waals surface area (Å²) in [4.78, 5) is 22.5. The maximum absolute atomic E-state index is 11.0. The van der Waals surface area contributed by atoms with E-state index < -0.39 is 5.97 Å². The van der Waals surface area contributed by atoms with Gasteiger partial charge in [0.2, 0.25) is 12.7 Å². The van der Waals surface area contributed by atoms with Crippen molar-refractivity contribution in [2.75, 3.05) is 12.1 Å². The number of hydrogen-bond acceptors (Lipinski definition) is 6. The maximum Gasteiger partial charge on any atom is 0.352 e. The van der Waals surface area contributed by atoms with Gasteiger partial charge >= 0.3 is 5.97 Å². The van der Waals surface area contributed by atoms with E-state index in [9.17, 15) is 4.79 Å². The number of para-hydroxylation sites is 1. The number of carbonyl (C=O) groups is 1. The van der Waals surface area contributed by atoms with Crippen molar-refractivity contribution < 1.29 is 19.4 Å². The summed E-state index contributed by atoms with van der Waals surface area (Å²) in [5, 5.41) is 12.2. The SMILES string of the molecule is Cc1cnc(Nc2cccc3c2OCO3)nc1-c1c[nH]c(C(=O)O)c1. The van der Waals surface area contributed by atoms with Crippen molar-refractivity contribution >= 4 is 17.6 Å². The second-order valence-corrected chi connectivity index (χ2v) is 5.50. The van der Waals surface area contributed by atoms with Gasteiger partial charge in [-0.05, 0) is 30.7 Å².